The standard InChI is InChI=1S/C9H7F6NO/c10-8(11,12)7(16)5-3-1-2-4-6(5)17-9(13,14)15/h1-4,7H,16H2/t7-/m1/s1. The molecule has 2 N–H and O–H groups in total. The van der Waals surface area contributed by atoms with Crippen LogP contribution in [-0.2, 0) is 0 Å². The van der Waals surface area contributed by atoms with Crippen LogP contribution in [0.4, 0.5) is 26.3 Å². The highest BCUT2D eigenvalue weighted by atomic mass is 19.4. The van der Waals surface area contributed by atoms with Crippen molar-refractivity contribution in [3.05, 3.63) is 29.8 Å². The molecule has 96 valence electrons. The second kappa shape index (κ2) is 4.44. The van der Waals surface area contributed by atoms with E-state index in [2.05, 4.69) is 4.74 Å². The van der Waals surface area contributed by atoms with Gasteiger partial charge in [-0.1, -0.05) is 18.2 Å². The first-order valence-electron chi connectivity index (χ1n) is 4.28. The van der Waals surface area contributed by atoms with Gasteiger partial charge in [-0.15, -0.1) is 13.2 Å². The van der Waals surface area contributed by atoms with Gasteiger partial charge in [0, 0.05) is 5.56 Å². The van der Waals surface area contributed by atoms with Crippen LogP contribution in [0.2, 0.25) is 0 Å². The fraction of sp³-hybridized carbons (Fsp3) is 0.333. The highest BCUT2D eigenvalue weighted by molar-refractivity contribution is 5.36. The molecule has 0 bridgehead atoms. The van der Waals surface area contributed by atoms with Crippen molar-refractivity contribution in [1.82, 2.24) is 0 Å². The zero-order valence-electron chi connectivity index (χ0n) is 8.14. The molecule has 0 amide bonds. The number of halogens is 6. The van der Waals surface area contributed by atoms with Crippen LogP contribution in [0.5, 0.6) is 5.75 Å². The predicted octanol–water partition coefficient (Wildman–Crippen LogP) is 3.15. The Morgan fingerprint density at radius 1 is 1.00 bits per heavy atom. The fourth-order valence-electron chi connectivity index (χ4n) is 1.13. The molecule has 1 aromatic carbocycles. The summed E-state index contributed by atoms with van der Waals surface area (Å²) in [7, 11) is 0. The number of ether oxygens (including phenoxy) is 1. The zero-order chi connectivity index (χ0) is 13.3. The zero-order valence-corrected chi connectivity index (χ0v) is 8.14. The van der Waals surface area contributed by atoms with Crippen LogP contribution in [0.3, 0.4) is 0 Å². The van der Waals surface area contributed by atoms with E-state index < -0.39 is 29.9 Å². The van der Waals surface area contributed by atoms with E-state index in [0.29, 0.717) is 0 Å². The molecular weight excluding hydrogens is 252 g/mol. The Labute approximate surface area is 92.0 Å². The summed E-state index contributed by atoms with van der Waals surface area (Å²) >= 11 is 0. The van der Waals surface area contributed by atoms with Crippen LogP contribution in [0, 0.1) is 0 Å². The average Bonchev–Trinajstić information content (AvgIpc) is 2.13. The third kappa shape index (κ3) is 3.81. The number of para-hydroxylation sites is 1. The molecule has 1 aromatic rings. The minimum atomic E-state index is -5.07. The Kier molecular flexibility index (Phi) is 3.56. The smallest absolute Gasteiger partial charge is 0.405 e. The van der Waals surface area contributed by atoms with Gasteiger partial charge in [0.2, 0.25) is 0 Å². The first-order valence-corrected chi connectivity index (χ1v) is 4.28. The Morgan fingerprint density at radius 3 is 2.00 bits per heavy atom. The van der Waals surface area contributed by atoms with Crippen LogP contribution in [0.15, 0.2) is 24.3 Å². The maximum absolute atomic E-state index is 12.3. The molecule has 0 saturated heterocycles. The van der Waals surface area contributed by atoms with Gasteiger partial charge in [-0.25, -0.2) is 0 Å². The van der Waals surface area contributed by atoms with Gasteiger partial charge in [-0.3, -0.25) is 0 Å². The molecule has 0 aliphatic rings. The molecular formula is C9H7F6NO. The molecule has 8 heteroatoms. The lowest BCUT2D eigenvalue weighted by molar-refractivity contribution is -0.275. The molecule has 17 heavy (non-hydrogen) atoms. The lowest BCUT2D eigenvalue weighted by Crippen LogP contribution is -2.29. The van der Waals surface area contributed by atoms with E-state index >= 15 is 0 Å². The van der Waals surface area contributed by atoms with Crippen molar-refractivity contribution in [3.63, 3.8) is 0 Å². The van der Waals surface area contributed by atoms with Crippen molar-refractivity contribution in [1.29, 1.82) is 0 Å². The molecule has 0 aliphatic heterocycles. The van der Waals surface area contributed by atoms with Gasteiger partial charge in [0.05, 0.1) is 0 Å². The fourth-order valence-corrected chi connectivity index (χ4v) is 1.13. The van der Waals surface area contributed by atoms with E-state index in [-0.39, 0.29) is 0 Å². The van der Waals surface area contributed by atoms with Gasteiger partial charge in [-0.2, -0.15) is 13.2 Å². The third-order valence-electron chi connectivity index (χ3n) is 1.83. The van der Waals surface area contributed by atoms with Crippen molar-refractivity contribution in [2.45, 2.75) is 18.6 Å². The van der Waals surface area contributed by atoms with Crippen molar-refractivity contribution in [3.8, 4) is 5.75 Å². The number of hydrogen-bond acceptors (Lipinski definition) is 2. The average molecular weight is 259 g/mol. The second-order valence-electron chi connectivity index (χ2n) is 3.10. The van der Waals surface area contributed by atoms with E-state index in [4.69, 9.17) is 5.73 Å². The van der Waals surface area contributed by atoms with Gasteiger partial charge in [-0.05, 0) is 6.07 Å². The molecule has 0 aliphatic carbocycles. The van der Waals surface area contributed by atoms with Crippen LogP contribution in [0.1, 0.15) is 11.6 Å². The molecule has 2 nitrogen and oxygen atoms in total. The molecule has 0 radical (unpaired) electrons. The number of benzene rings is 1. The van der Waals surface area contributed by atoms with Crippen molar-refractivity contribution in [2.75, 3.05) is 0 Å². The molecule has 1 rings (SSSR count). The van der Waals surface area contributed by atoms with Gasteiger partial charge < -0.3 is 10.5 Å². The summed E-state index contributed by atoms with van der Waals surface area (Å²) < 4.78 is 76.1. The Balaban J connectivity index is 3.08. The quantitative estimate of drug-likeness (QED) is 0.828. The highest BCUT2D eigenvalue weighted by Crippen LogP contribution is 2.36. The maximum atomic E-state index is 12.3. The molecule has 0 unspecified atom stereocenters. The maximum Gasteiger partial charge on any atom is 0.573 e. The van der Waals surface area contributed by atoms with Gasteiger partial charge in [0.1, 0.15) is 11.8 Å². The number of nitrogens with two attached hydrogens (primary N) is 1. The minimum absolute atomic E-state index is 0.766. The Bertz CT molecular complexity index is 386. The topological polar surface area (TPSA) is 35.2 Å². The summed E-state index contributed by atoms with van der Waals surface area (Å²) in [6.07, 6.45) is -9.91. The lowest BCUT2D eigenvalue weighted by atomic mass is 10.1. The normalized spacial score (nSPS) is 14.5. The van der Waals surface area contributed by atoms with Crippen LogP contribution in [-0.4, -0.2) is 12.5 Å². The summed E-state index contributed by atoms with van der Waals surface area (Å²) in [6.45, 7) is 0. The van der Waals surface area contributed by atoms with Crippen molar-refractivity contribution >= 4 is 0 Å². The lowest BCUT2D eigenvalue weighted by Gasteiger charge is -2.19. The monoisotopic (exact) mass is 259 g/mol. The van der Waals surface area contributed by atoms with E-state index in [0.717, 1.165) is 24.3 Å². The van der Waals surface area contributed by atoms with E-state index in [1.807, 2.05) is 0 Å². The number of rotatable bonds is 2. The Morgan fingerprint density at radius 2 is 1.53 bits per heavy atom. The summed E-state index contributed by atoms with van der Waals surface area (Å²) in [5.74, 6) is -0.954. The van der Waals surface area contributed by atoms with Gasteiger partial charge in [0.15, 0.2) is 0 Å². The first-order chi connectivity index (χ1) is 7.61. The SMILES string of the molecule is N[C@H](c1ccccc1OC(F)(F)F)C(F)(F)F. The molecule has 1 atom stereocenters. The van der Waals surface area contributed by atoms with Crippen molar-refractivity contribution < 1.29 is 31.1 Å². The van der Waals surface area contributed by atoms with Crippen molar-refractivity contribution in [2.24, 2.45) is 5.73 Å². The summed E-state index contributed by atoms with van der Waals surface area (Å²) in [4.78, 5) is 0. The predicted molar refractivity (Wildman–Crippen MR) is 46.1 cm³/mol. The number of hydrogen-bond donors (Lipinski definition) is 1. The Hall–Kier alpha value is -1.44. The van der Waals surface area contributed by atoms with Crippen LogP contribution in [0.25, 0.3) is 0 Å². The second-order valence-corrected chi connectivity index (χ2v) is 3.10. The van der Waals surface area contributed by atoms with E-state index in [1.54, 1.807) is 0 Å². The number of alkyl halides is 6. The van der Waals surface area contributed by atoms with E-state index in [9.17, 15) is 26.3 Å². The molecule has 0 fully saturated rings. The third-order valence-corrected chi connectivity index (χ3v) is 1.83. The summed E-state index contributed by atoms with van der Waals surface area (Å²) in [6, 6.07) is 1.34. The molecule has 0 spiro atoms. The molecule has 0 heterocycles. The van der Waals surface area contributed by atoms with Gasteiger partial charge >= 0.3 is 12.5 Å². The summed E-state index contributed by atoms with van der Waals surface area (Å²) in [5, 5.41) is 0. The summed E-state index contributed by atoms with van der Waals surface area (Å²) in [5.41, 5.74) is 4.05. The first kappa shape index (κ1) is 13.6. The van der Waals surface area contributed by atoms with Crippen LogP contribution >= 0.6 is 0 Å². The molecule has 0 saturated carbocycles. The van der Waals surface area contributed by atoms with Gasteiger partial charge in [0.25, 0.3) is 0 Å². The highest BCUT2D eigenvalue weighted by Gasteiger charge is 2.41. The van der Waals surface area contributed by atoms with Crippen LogP contribution < -0.4 is 10.5 Å². The largest absolute Gasteiger partial charge is 0.573 e. The van der Waals surface area contributed by atoms with E-state index in [1.165, 1.54) is 0 Å². The minimum Gasteiger partial charge on any atom is -0.405 e. The molecule has 0 aromatic heterocycles.